The normalized spacial score (nSPS) is 19.9. The fourth-order valence-electron chi connectivity index (χ4n) is 3.39. The van der Waals surface area contributed by atoms with Crippen molar-refractivity contribution in [3.63, 3.8) is 0 Å². The molecule has 1 unspecified atom stereocenters. The van der Waals surface area contributed by atoms with E-state index in [4.69, 9.17) is 4.74 Å². The van der Waals surface area contributed by atoms with E-state index >= 15 is 0 Å². The summed E-state index contributed by atoms with van der Waals surface area (Å²) in [6, 6.07) is 10.4. The Bertz CT molecular complexity index is 982. The molecule has 0 saturated carbocycles. The predicted octanol–water partition coefficient (Wildman–Crippen LogP) is 2.76. The van der Waals surface area contributed by atoms with Crippen molar-refractivity contribution >= 4 is 10.0 Å². The van der Waals surface area contributed by atoms with Gasteiger partial charge >= 0.3 is 0 Å². The summed E-state index contributed by atoms with van der Waals surface area (Å²) >= 11 is 0. The fourth-order valence-corrected chi connectivity index (χ4v) is 4.94. The van der Waals surface area contributed by atoms with E-state index in [1.165, 1.54) is 4.31 Å². The largest absolute Gasteiger partial charge is 0.439 e. The first kappa shape index (κ1) is 18.9. The number of pyridine rings is 1. The van der Waals surface area contributed by atoms with E-state index in [0.29, 0.717) is 24.7 Å². The van der Waals surface area contributed by atoms with Crippen LogP contribution >= 0.6 is 0 Å². The molecule has 2 aromatic rings. The molecule has 0 radical (unpaired) electrons. The topological polar surface area (TPSA) is 71.5 Å². The van der Waals surface area contributed by atoms with Gasteiger partial charge < -0.3 is 10.1 Å². The summed E-state index contributed by atoms with van der Waals surface area (Å²) in [4.78, 5) is 4.53. The molecule has 2 aliphatic heterocycles. The van der Waals surface area contributed by atoms with E-state index in [9.17, 15) is 8.42 Å². The number of nitrogens with zero attached hydrogens (tertiary/aromatic N) is 2. The van der Waals surface area contributed by atoms with Gasteiger partial charge in [0.2, 0.25) is 15.9 Å². The van der Waals surface area contributed by atoms with Gasteiger partial charge in [-0.05, 0) is 50.4 Å². The van der Waals surface area contributed by atoms with Gasteiger partial charge in [-0.15, -0.1) is 0 Å². The maximum Gasteiger partial charge on any atom is 0.243 e. The molecule has 1 aromatic heterocycles. The minimum atomic E-state index is -3.47. The molecule has 2 aliphatic rings. The molecule has 0 aliphatic carbocycles. The average molecular weight is 398 g/mol. The van der Waals surface area contributed by atoms with Crippen molar-refractivity contribution in [1.82, 2.24) is 14.6 Å². The molecule has 7 heteroatoms. The maximum absolute atomic E-state index is 12.7. The van der Waals surface area contributed by atoms with Crippen LogP contribution in [0, 0.1) is 11.8 Å². The Hall–Kier alpha value is -2.40. The minimum Gasteiger partial charge on any atom is -0.439 e. The summed E-state index contributed by atoms with van der Waals surface area (Å²) in [6.45, 7) is 2.18. The Morgan fingerprint density at radius 3 is 2.71 bits per heavy atom. The van der Waals surface area contributed by atoms with E-state index in [-0.39, 0.29) is 10.9 Å². The molecule has 28 heavy (non-hydrogen) atoms. The highest BCUT2D eigenvalue weighted by molar-refractivity contribution is 7.89. The third kappa shape index (κ3) is 4.36. The zero-order chi connectivity index (χ0) is 19.4. The Morgan fingerprint density at radius 1 is 1.14 bits per heavy atom. The van der Waals surface area contributed by atoms with Crippen LogP contribution in [0.2, 0.25) is 0 Å². The van der Waals surface area contributed by atoms with Crippen LogP contribution < -0.4 is 10.1 Å². The first-order chi connectivity index (χ1) is 13.6. The van der Waals surface area contributed by atoms with Gasteiger partial charge in [0.15, 0.2) is 0 Å². The zero-order valence-corrected chi connectivity index (χ0v) is 16.4. The molecular weight excluding hydrogens is 374 g/mol. The Morgan fingerprint density at radius 2 is 2.00 bits per heavy atom. The van der Waals surface area contributed by atoms with Crippen molar-refractivity contribution in [2.75, 3.05) is 19.6 Å². The van der Waals surface area contributed by atoms with Crippen LogP contribution in [0.3, 0.4) is 0 Å². The number of sulfonamides is 1. The van der Waals surface area contributed by atoms with Crippen LogP contribution in [0.5, 0.6) is 11.6 Å². The summed E-state index contributed by atoms with van der Waals surface area (Å²) in [6.07, 6.45) is 5.73. The number of ether oxygens (including phenoxy) is 1. The second-order valence-corrected chi connectivity index (χ2v) is 8.93. The lowest BCUT2D eigenvalue weighted by atomic mass is 10.2. The van der Waals surface area contributed by atoms with E-state index in [0.717, 1.165) is 37.8 Å². The summed E-state index contributed by atoms with van der Waals surface area (Å²) in [5.41, 5.74) is 0.825. The third-order valence-corrected chi connectivity index (χ3v) is 6.81. The first-order valence-corrected chi connectivity index (χ1v) is 11.0. The number of rotatable bonds is 4. The molecule has 3 heterocycles. The highest BCUT2D eigenvalue weighted by atomic mass is 32.2. The highest BCUT2D eigenvalue weighted by Crippen LogP contribution is 2.26. The number of hydrogen-bond acceptors (Lipinski definition) is 5. The molecule has 146 valence electrons. The molecule has 0 spiro atoms. The molecule has 1 N–H and O–H groups in total. The van der Waals surface area contributed by atoms with Gasteiger partial charge in [-0.2, -0.15) is 4.31 Å². The zero-order valence-electron chi connectivity index (χ0n) is 15.6. The molecule has 1 atom stereocenters. The smallest absolute Gasteiger partial charge is 0.243 e. The van der Waals surface area contributed by atoms with E-state index in [1.807, 2.05) is 6.07 Å². The van der Waals surface area contributed by atoms with E-state index < -0.39 is 10.0 Å². The molecule has 1 aromatic carbocycles. The second-order valence-electron chi connectivity index (χ2n) is 6.99. The Kier molecular flexibility index (Phi) is 5.62. The van der Waals surface area contributed by atoms with Crippen LogP contribution in [-0.4, -0.2) is 43.4 Å². The van der Waals surface area contributed by atoms with Crippen molar-refractivity contribution in [3.05, 3.63) is 48.2 Å². The van der Waals surface area contributed by atoms with Crippen molar-refractivity contribution in [3.8, 4) is 23.5 Å². The van der Waals surface area contributed by atoms with Crippen LogP contribution in [0.15, 0.2) is 47.5 Å². The molecule has 6 nitrogen and oxygen atoms in total. The van der Waals surface area contributed by atoms with Gasteiger partial charge in [0.1, 0.15) is 5.75 Å². The van der Waals surface area contributed by atoms with Gasteiger partial charge in [0.05, 0.1) is 10.9 Å². The first-order valence-electron chi connectivity index (χ1n) is 9.60. The van der Waals surface area contributed by atoms with Crippen molar-refractivity contribution in [2.45, 2.75) is 36.6 Å². The third-order valence-electron chi connectivity index (χ3n) is 4.92. The van der Waals surface area contributed by atoms with Crippen LogP contribution in [0.1, 0.15) is 31.2 Å². The summed E-state index contributed by atoms with van der Waals surface area (Å²) in [5, 5.41) is 3.34. The van der Waals surface area contributed by atoms with Gasteiger partial charge in [-0.25, -0.2) is 13.4 Å². The average Bonchev–Trinajstić information content (AvgIpc) is 3.42. The summed E-state index contributed by atoms with van der Waals surface area (Å²) in [5.74, 6) is 7.18. The molecule has 2 saturated heterocycles. The maximum atomic E-state index is 12.7. The molecule has 0 bridgehead atoms. The Balaban J connectivity index is 1.45. The van der Waals surface area contributed by atoms with Gasteiger partial charge in [-0.3, -0.25) is 0 Å². The standard InChI is InChI=1S/C21H23N3O3S/c25-28(26,24-13-1-2-14-24)20-7-3-6-19(15-20)27-21-11-9-17(16-23-21)8-10-18-5-4-12-22-18/h3,6-7,9,11,15-16,18,22H,1-2,4-5,12-14H2. The van der Waals surface area contributed by atoms with Crippen molar-refractivity contribution in [1.29, 1.82) is 0 Å². The fraction of sp³-hybridized carbons (Fsp3) is 0.381. The molecule has 4 rings (SSSR count). The van der Waals surface area contributed by atoms with Crippen LogP contribution in [-0.2, 0) is 10.0 Å². The number of benzene rings is 1. The van der Waals surface area contributed by atoms with Crippen LogP contribution in [0.4, 0.5) is 0 Å². The molecule has 0 amide bonds. The van der Waals surface area contributed by atoms with Crippen molar-refractivity contribution in [2.24, 2.45) is 0 Å². The highest BCUT2D eigenvalue weighted by Gasteiger charge is 2.27. The lowest BCUT2D eigenvalue weighted by Crippen LogP contribution is -2.27. The van der Waals surface area contributed by atoms with Gasteiger partial charge in [0, 0.05) is 37.0 Å². The lowest BCUT2D eigenvalue weighted by molar-refractivity contribution is 0.457. The number of aromatic nitrogens is 1. The van der Waals surface area contributed by atoms with E-state index in [1.54, 1.807) is 36.5 Å². The number of hydrogen-bond donors (Lipinski definition) is 1. The molecule has 2 fully saturated rings. The summed E-state index contributed by atoms with van der Waals surface area (Å²) in [7, 11) is -3.47. The number of nitrogens with one attached hydrogen (secondary N) is 1. The minimum absolute atomic E-state index is 0.249. The monoisotopic (exact) mass is 397 g/mol. The SMILES string of the molecule is O=S(=O)(c1cccc(Oc2ccc(C#CC3CCCN3)cn2)c1)N1CCCC1. The Labute approximate surface area is 166 Å². The van der Waals surface area contributed by atoms with Crippen molar-refractivity contribution < 1.29 is 13.2 Å². The van der Waals surface area contributed by atoms with Gasteiger partial charge in [-0.1, -0.05) is 17.9 Å². The second kappa shape index (κ2) is 8.31. The lowest BCUT2D eigenvalue weighted by Gasteiger charge is -2.16. The quantitative estimate of drug-likeness (QED) is 0.804. The summed E-state index contributed by atoms with van der Waals surface area (Å²) < 4.78 is 32.7. The predicted molar refractivity (Wildman–Crippen MR) is 107 cm³/mol. The molecular formula is C21H23N3O3S. The van der Waals surface area contributed by atoms with Crippen LogP contribution in [0.25, 0.3) is 0 Å². The van der Waals surface area contributed by atoms with Gasteiger partial charge in [0.25, 0.3) is 0 Å². The van der Waals surface area contributed by atoms with E-state index in [2.05, 4.69) is 22.1 Å².